The summed E-state index contributed by atoms with van der Waals surface area (Å²) in [6.07, 6.45) is 0. The number of aryl methyl sites for hydroxylation is 2. The predicted octanol–water partition coefficient (Wildman–Crippen LogP) is 4.97. The van der Waals surface area contributed by atoms with Crippen LogP contribution in [0.2, 0.25) is 0 Å². The minimum atomic E-state index is -0.772. The van der Waals surface area contributed by atoms with Crippen molar-refractivity contribution in [2.45, 2.75) is 36.6 Å². The highest BCUT2D eigenvalue weighted by Crippen LogP contribution is 2.55. The second-order valence-electron chi connectivity index (χ2n) is 10.2. The van der Waals surface area contributed by atoms with Crippen LogP contribution in [0.4, 0.5) is 11.4 Å². The van der Waals surface area contributed by atoms with E-state index in [1.807, 2.05) is 56.3 Å². The quantitative estimate of drug-likeness (QED) is 0.321. The monoisotopic (exact) mass is 585 g/mol. The number of thiazole rings is 1. The van der Waals surface area contributed by atoms with Crippen molar-refractivity contribution in [3.63, 3.8) is 0 Å². The first-order valence-corrected chi connectivity index (χ1v) is 14.8. The van der Waals surface area contributed by atoms with Gasteiger partial charge in [0, 0.05) is 22.0 Å². The van der Waals surface area contributed by atoms with Gasteiger partial charge in [-0.25, -0.2) is 4.90 Å². The van der Waals surface area contributed by atoms with E-state index in [1.54, 1.807) is 37.4 Å². The minimum absolute atomic E-state index is 0.217. The van der Waals surface area contributed by atoms with E-state index in [0.29, 0.717) is 27.0 Å². The molecule has 2 aliphatic heterocycles. The summed E-state index contributed by atoms with van der Waals surface area (Å²) >= 11 is 2.20. The molecule has 3 heterocycles. The molecule has 3 aromatic carbocycles. The lowest BCUT2D eigenvalue weighted by Gasteiger charge is -2.31. The van der Waals surface area contributed by atoms with Crippen molar-refractivity contribution in [2.75, 3.05) is 17.3 Å². The Morgan fingerprint density at radius 3 is 2.24 bits per heavy atom. The first kappa shape index (κ1) is 27.0. The lowest BCUT2D eigenvalue weighted by molar-refractivity contribution is -0.122. The Morgan fingerprint density at radius 2 is 1.56 bits per heavy atom. The van der Waals surface area contributed by atoms with Gasteiger partial charge in [-0.3, -0.25) is 23.7 Å². The number of hydrogen-bond donors (Lipinski definition) is 1. The molecular formula is C31H27N3O5S2. The number of amides is 3. The van der Waals surface area contributed by atoms with E-state index in [9.17, 15) is 19.2 Å². The summed E-state index contributed by atoms with van der Waals surface area (Å²) in [4.78, 5) is 55.9. The normalized spacial score (nSPS) is 19.6. The summed E-state index contributed by atoms with van der Waals surface area (Å²) < 4.78 is 7.08. The lowest BCUT2D eigenvalue weighted by Crippen LogP contribution is -2.33. The number of fused-ring (bicyclic) bond motifs is 2. The van der Waals surface area contributed by atoms with E-state index < -0.39 is 17.1 Å². The predicted molar refractivity (Wildman–Crippen MR) is 160 cm³/mol. The molecule has 3 amide bonds. The molecule has 0 aliphatic carbocycles. The first-order chi connectivity index (χ1) is 19.8. The van der Waals surface area contributed by atoms with Gasteiger partial charge in [-0.15, -0.1) is 0 Å². The van der Waals surface area contributed by atoms with Gasteiger partial charge >= 0.3 is 4.87 Å². The van der Waals surface area contributed by atoms with E-state index >= 15 is 0 Å². The Hall–Kier alpha value is -4.15. The summed E-state index contributed by atoms with van der Waals surface area (Å²) in [6.45, 7) is 3.68. The molecule has 8 nitrogen and oxygen atoms in total. The number of nitrogens with zero attached hydrogens (tertiary/aromatic N) is 2. The number of hydrogen-bond acceptors (Lipinski definition) is 7. The molecule has 3 atom stereocenters. The molecule has 0 bridgehead atoms. The molecule has 0 spiro atoms. The number of methoxy groups -OCH3 is 1. The number of thioether (sulfide) groups is 1. The van der Waals surface area contributed by atoms with E-state index in [4.69, 9.17) is 4.74 Å². The third-order valence-corrected chi connectivity index (χ3v) is 10.1. The lowest BCUT2D eigenvalue weighted by atomic mass is 9.82. The standard InChI is InChI=1S/C31H27N3O5S2/c1-17-8-12-19(13-9-17)32-23(35)16-33-30-27(41-31(33)38)24(21-6-4-5-7-22(21)39-3)25-26(40-30)29(37)34(28(25)36)20-14-10-18(2)11-15-20/h4-15,24-26H,16H2,1-3H3,(H,32,35)/t24-,25-,26+/m0/s1. The number of ether oxygens (including phenoxy) is 1. The summed E-state index contributed by atoms with van der Waals surface area (Å²) in [5.41, 5.74) is 3.94. The number of benzene rings is 3. The molecule has 1 saturated heterocycles. The molecule has 1 aromatic heterocycles. The smallest absolute Gasteiger partial charge is 0.308 e. The fourth-order valence-electron chi connectivity index (χ4n) is 5.44. The van der Waals surface area contributed by atoms with Gasteiger partial charge in [0.2, 0.25) is 17.7 Å². The molecule has 1 N–H and O–H groups in total. The van der Waals surface area contributed by atoms with Crippen molar-refractivity contribution in [2.24, 2.45) is 5.92 Å². The average Bonchev–Trinajstić information content (AvgIpc) is 3.41. The van der Waals surface area contributed by atoms with Crippen LogP contribution in [0, 0.1) is 19.8 Å². The maximum atomic E-state index is 14.0. The second kappa shape index (κ2) is 10.7. The molecule has 1 fully saturated rings. The van der Waals surface area contributed by atoms with Crippen LogP contribution in [-0.4, -0.2) is 34.6 Å². The van der Waals surface area contributed by atoms with Gasteiger partial charge in [0.05, 0.1) is 23.7 Å². The van der Waals surface area contributed by atoms with Crippen molar-refractivity contribution in [1.82, 2.24) is 4.57 Å². The molecule has 41 heavy (non-hydrogen) atoms. The van der Waals surface area contributed by atoms with Crippen LogP contribution in [-0.2, 0) is 20.9 Å². The van der Waals surface area contributed by atoms with E-state index in [2.05, 4.69) is 5.32 Å². The first-order valence-electron chi connectivity index (χ1n) is 13.1. The van der Waals surface area contributed by atoms with Gasteiger partial charge in [0.25, 0.3) is 0 Å². The number of anilines is 2. The van der Waals surface area contributed by atoms with Gasteiger partial charge in [0.15, 0.2) is 0 Å². The average molecular weight is 586 g/mol. The molecule has 6 rings (SSSR count). The van der Waals surface area contributed by atoms with Crippen molar-refractivity contribution in [3.05, 3.63) is 104 Å². The van der Waals surface area contributed by atoms with Crippen LogP contribution < -0.4 is 19.8 Å². The molecular weight excluding hydrogens is 558 g/mol. The Kier molecular flexibility index (Phi) is 7.04. The third-order valence-electron chi connectivity index (χ3n) is 7.45. The Bertz CT molecular complexity index is 1730. The summed E-state index contributed by atoms with van der Waals surface area (Å²) in [7, 11) is 1.55. The number of para-hydroxylation sites is 1. The molecule has 0 unspecified atom stereocenters. The van der Waals surface area contributed by atoms with Gasteiger partial charge < -0.3 is 10.1 Å². The topological polar surface area (TPSA) is 97.7 Å². The molecule has 0 radical (unpaired) electrons. The Balaban J connectivity index is 1.43. The number of aromatic nitrogens is 1. The van der Waals surface area contributed by atoms with E-state index in [1.165, 1.54) is 21.2 Å². The van der Waals surface area contributed by atoms with Crippen molar-refractivity contribution < 1.29 is 19.1 Å². The van der Waals surface area contributed by atoms with Gasteiger partial charge in [-0.1, -0.05) is 76.7 Å². The zero-order valence-corrected chi connectivity index (χ0v) is 24.3. The van der Waals surface area contributed by atoms with Crippen LogP contribution in [0.5, 0.6) is 5.75 Å². The van der Waals surface area contributed by atoms with Gasteiger partial charge in [-0.2, -0.15) is 0 Å². The van der Waals surface area contributed by atoms with Crippen molar-refractivity contribution >= 4 is 52.2 Å². The van der Waals surface area contributed by atoms with E-state index in [0.717, 1.165) is 28.0 Å². The van der Waals surface area contributed by atoms with Crippen LogP contribution in [0.25, 0.3) is 0 Å². The highest BCUT2D eigenvalue weighted by molar-refractivity contribution is 8.00. The zero-order chi connectivity index (χ0) is 28.8. The van der Waals surface area contributed by atoms with Crippen molar-refractivity contribution in [1.29, 1.82) is 0 Å². The van der Waals surface area contributed by atoms with Crippen LogP contribution in [0.1, 0.15) is 27.5 Å². The highest BCUT2D eigenvalue weighted by atomic mass is 32.2. The highest BCUT2D eigenvalue weighted by Gasteiger charge is 2.57. The van der Waals surface area contributed by atoms with Gasteiger partial charge in [0.1, 0.15) is 17.5 Å². The zero-order valence-electron chi connectivity index (χ0n) is 22.6. The minimum Gasteiger partial charge on any atom is -0.496 e. The molecule has 208 valence electrons. The Morgan fingerprint density at radius 1 is 0.902 bits per heavy atom. The van der Waals surface area contributed by atoms with Crippen LogP contribution in [0.15, 0.2) is 82.6 Å². The number of rotatable bonds is 6. The summed E-state index contributed by atoms with van der Waals surface area (Å²) in [6, 6.07) is 22.0. The Labute approximate surface area is 245 Å². The maximum Gasteiger partial charge on any atom is 0.308 e. The number of carbonyl (C=O) groups excluding carboxylic acids is 3. The molecule has 2 aliphatic rings. The van der Waals surface area contributed by atoms with Gasteiger partial charge in [-0.05, 0) is 44.2 Å². The van der Waals surface area contributed by atoms with Crippen LogP contribution >= 0.6 is 23.1 Å². The summed E-state index contributed by atoms with van der Waals surface area (Å²) in [5, 5.41) is 2.60. The number of nitrogens with one attached hydrogen (secondary N) is 1. The molecule has 10 heteroatoms. The molecule has 4 aromatic rings. The fraction of sp³-hybridized carbons (Fsp3) is 0.226. The SMILES string of the molecule is COc1ccccc1[C@@H]1c2sc(=O)n(CC(=O)Nc3ccc(C)cc3)c2S[C@H]2C(=O)N(c3ccc(C)cc3)C(=O)[C@@H]12. The molecule has 0 saturated carbocycles. The fourth-order valence-corrected chi connectivity index (χ4v) is 8.21. The largest absolute Gasteiger partial charge is 0.496 e. The van der Waals surface area contributed by atoms with Crippen LogP contribution in [0.3, 0.4) is 0 Å². The second-order valence-corrected chi connectivity index (χ2v) is 12.3. The van der Waals surface area contributed by atoms with Crippen molar-refractivity contribution in [3.8, 4) is 5.75 Å². The number of imide groups is 1. The maximum absolute atomic E-state index is 14.0. The number of carbonyl (C=O) groups is 3. The van der Waals surface area contributed by atoms with E-state index in [-0.39, 0.29) is 29.1 Å². The third kappa shape index (κ3) is 4.76. The summed E-state index contributed by atoms with van der Waals surface area (Å²) in [5.74, 6) is -1.80.